The van der Waals surface area contributed by atoms with E-state index in [4.69, 9.17) is 4.74 Å². The number of piperidine rings is 2. The minimum Gasteiger partial charge on any atom is -0.379 e. The molecule has 268 valence electrons. The lowest BCUT2D eigenvalue weighted by molar-refractivity contribution is -0.137. The minimum absolute atomic E-state index is 0.0981. The summed E-state index contributed by atoms with van der Waals surface area (Å²) < 4.78 is 7.19. The molecule has 6 rings (SSSR count). The number of aromatic nitrogens is 2. The number of anilines is 2. The van der Waals surface area contributed by atoms with Crippen molar-refractivity contribution < 1.29 is 28.7 Å². The summed E-state index contributed by atoms with van der Waals surface area (Å²) in [4.78, 5) is 77.9. The highest BCUT2D eigenvalue weighted by molar-refractivity contribution is 9.10. The summed E-state index contributed by atoms with van der Waals surface area (Å²) in [5, 5.41) is 15.4. The molecular weight excluding hydrogens is 724 g/mol. The molecule has 0 spiro atoms. The number of rotatable bonds is 11. The van der Waals surface area contributed by atoms with Crippen molar-refractivity contribution in [3.05, 3.63) is 85.7 Å². The Morgan fingerprint density at radius 2 is 1.84 bits per heavy atom. The standard InChI is InChI=1S/C35H39BrN8O7/c1-42-16-22(13-25(18-42)39-27-15-38-43(2)35(50)31(27)36)20-3-5-21(6-4-20)32(47)37-11-12-51-19-30(46)40-24-7-8-26-23(14-24)17-44(34(26)49)28-9-10-29(45)41-33(28)48/h3-8,14-15,22,25,28,39H,9-13,16-19H2,1-2H3,(H,37,47)(H,40,46)(H,41,45,48)/t22-,25+,28?/m1/s1. The Labute approximate surface area is 302 Å². The van der Waals surface area contributed by atoms with Crippen LogP contribution in [0.2, 0.25) is 0 Å². The summed E-state index contributed by atoms with van der Waals surface area (Å²) in [5.74, 6) is -1.54. The van der Waals surface area contributed by atoms with E-state index in [-0.39, 0.29) is 74.4 Å². The SMILES string of the molecule is CN1C[C@@H](Nc2cnn(C)c(=O)c2Br)C[C@@H](c2ccc(C(=O)NCCOCC(=O)Nc3ccc4c(c3)CN(C3CCC(=O)NC3=O)C4=O)cc2)C1. The van der Waals surface area contributed by atoms with Crippen LogP contribution in [0.15, 0.2) is 57.9 Å². The molecule has 4 heterocycles. The Kier molecular flexibility index (Phi) is 10.9. The van der Waals surface area contributed by atoms with Gasteiger partial charge in [0.1, 0.15) is 17.1 Å². The van der Waals surface area contributed by atoms with Crippen molar-refractivity contribution in [3.63, 3.8) is 0 Å². The van der Waals surface area contributed by atoms with Crippen molar-refractivity contribution in [2.45, 2.75) is 43.8 Å². The molecule has 3 aromatic rings. The zero-order valence-corrected chi connectivity index (χ0v) is 29.8. The summed E-state index contributed by atoms with van der Waals surface area (Å²) in [6.45, 7) is 1.97. The lowest BCUT2D eigenvalue weighted by Gasteiger charge is -2.37. The van der Waals surface area contributed by atoms with Gasteiger partial charge in [0.15, 0.2) is 0 Å². The summed E-state index contributed by atoms with van der Waals surface area (Å²) in [5.41, 5.74) is 3.69. The van der Waals surface area contributed by atoms with E-state index >= 15 is 0 Å². The molecule has 1 aromatic heterocycles. The summed E-state index contributed by atoms with van der Waals surface area (Å²) in [6, 6.07) is 11.8. The minimum atomic E-state index is -0.712. The molecule has 3 atom stereocenters. The van der Waals surface area contributed by atoms with Gasteiger partial charge < -0.3 is 30.5 Å². The Hall–Kier alpha value is -4.93. The van der Waals surface area contributed by atoms with Gasteiger partial charge in [0.2, 0.25) is 17.7 Å². The highest BCUT2D eigenvalue weighted by Gasteiger charge is 2.39. The Morgan fingerprint density at radius 3 is 2.61 bits per heavy atom. The van der Waals surface area contributed by atoms with Crippen LogP contribution in [0, 0.1) is 0 Å². The first-order valence-electron chi connectivity index (χ1n) is 16.7. The Morgan fingerprint density at radius 1 is 1.06 bits per heavy atom. The van der Waals surface area contributed by atoms with E-state index in [2.05, 4.69) is 54.2 Å². The van der Waals surface area contributed by atoms with E-state index in [1.165, 1.54) is 9.58 Å². The van der Waals surface area contributed by atoms with Gasteiger partial charge in [0.25, 0.3) is 17.4 Å². The first-order valence-corrected chi connectivity index (χ1v) is 17.5. The monoisotopic (exact) mass is 762 g/mol. The number of benzene rings is 2. The largest absolute Gasteiger partial charge is 0.379 e. The number of likely N-dealkylation sites (tertiary alicyclic amines) is 1. The number of nitrogens with one attached hydrogen (secondary N) is 4. The van der Waals surface area contributed by atoms with Crippen LogP contribution in [0.3, 0.4) is 0 Å². The number of aryl methyl sites for hydroxylation is 1. The molecule has 0 radical (unpaired) electrons. The van der Waals surface area contributed by atoms with E-state index in [0.717, 1.165) is 25.1 Å². The molecule has 1 unspecified atom stereocenters. The maximum atomic E-state index is 12.9. The van der Waals surface area contributed by atoms with Gasteiger partial charge in [-0.25, -0.2) is 4.68 Å². The molecule has 4 N–H and O–H groups in total. The summed E-state index contributed by atoms with van der Waals surface area (Å²) in [6.07, 6.45) is 2.93. The van der Waals surface area contributed by atoms with Gasteiger partial charge in [-0.3, -0.25) is 34.1 Å². The number of ether oxygens (including phenoxy) is 1. The summed E-state index contributed by atoms with van der Waals surface area (Å²) >= 11 is 3.38. The normalized spacial score (nSPS) is 20.5. The first-order chi connectivity index (χ1) is 24.5. The zero-order chi connectivity index (χ0) is 36.2. The number of hydrogen-bond acceptors (Lipinski definition) is 10. The van der Waals surface area contributed by atoms with E-state index in [0.29, 0.717) is 32.5 Å². The quantitative estimate of drug-likeness (QED) is 0.165. The average Bonchev–Trinajstić information content (AvgIpc) is 3.42. The lowest BCUT2D eigenvalue weighted by atomic mass is 9.87. The van der Waals surface area contributed by atoms with Crippen molar-refractivity contribution in [1.82, 2.24) is 30.2 Å². The second-order valence-electron chi connectivity index (χ2n) is 13.0. The number of carbonyl (C=O) groups excluding carboxylic acids is 5. The third-order valence-electron chi connectivity index (χ3n) is 9.29. The molecule has 51 heavy (non-hydrogen) atoms. The molecular formula is C35H39BrN8O7. The third-order valence-corrected chi connectivity index (χ3v) is 10.1. The fourth-order valence-electron chi connectivity index (χ4n) is 6.76. The molecule has 2 fully saturated rings. The molecule has 16 heteroatoms. The first kappa shape index (κ1) is 35.9. The van der Waals surface area contributed by atoms with Crippen molar-refractivity contribution in [2.24, 2.45) is 7.05 Å². The van der Waals surface area contributed by atoms with E-state index in [9.17, 15) is 28.8 Å². The fraction of sp³-hybridized carbons (Fsp3) is 0.400. The Balaban J connectivity index is 0.921. The van der Waals surface area contributed by atoms with Gasteiger partial charge >= 0.3 is 0 Å². The fourth-order valence-corrected chi connectivity index (χ4v) is 7.23. The van der Waals surface area contributed by atoms with Crippen LogP contribution < -0.4 is 26.8 Å². The highest BCUT2D eigenvalue weighted by Crippen LogP contribution is 2.31. The smallest absolute Gasteiger partial charge is 0.282 e. The number of halogens is 1. The maximum absolute atomic E-state index is 12.9. The molecule has 0 saturated carbocycles. The number of fused-ring (bicyclic) bond motifs is 1. The second kappa shape index (κ2) is 15.5. The Bertz CT molecular complexity index is 1920. The van der Waals surface area contributed by atoms with E-state index < -0.39 is 17.9 Å². The molecule has 3 aliphatic heterocycles. The van der Waals surface area contributed by atoms with Gasteiger partial charge in [-0.1, -0.05) is 12.1 Å². The topological polar surface area (TPSA) is 184 Å². The zero-order valence-electron chi connectivity index (χ0n) is 28.2. The second-order valence-corrected chi connectivity index (χ2v) is 13.8. The van der Waals surface area contributed by atoms with Gasteiger partial charge in [-0.2, -0.15) is 5.10 Å². The number of amides is 5. The van der Waals surface area contributed by atoms with Crippen LogP contribution in [-0.4, -0.2) is 101 Å². The number of hydrogen-bond donors (Lipinski definition) is 4. The number of likely N-dealkylation sites (N-methyl/N-ethyl adjacent to an activating group) is 1. The molecule has 15 nitrogen and oxygen atoms in total. The van der Waals surface area contributed by atoms with Gasteiger partial charge in [-0.05, 0) is 83.2 Å². The lowest BCUT2D eigenvalue weighted by Crippen LogP contribution is -2.52. The van der Waals surface area contributed by atoms with Gasteiger partial charge in [0, 0.05) is 62.5 Å². The molecule has 3 aliphatic rings. The predicted octanol–water partition coefficient (Wildman–Crippen LogP) is 1.59. The summed E-state index contributed by atoms with van der Waals surface area (Å²) in [7, 11) is 3.66. The van der Waals surface area contributed by atoms with Crippen LogP contribution >= 0.6 is 15.9 Å². The number of imide groups is 1. The average molecular weight is 764 g/mol. The third kappa shape index (κ3) is 8.35. The van der Waals surface area contributed by atoms with Crippen molar-refractivity contribution >= 4 is 56.8 Å². The van der Waals surface area contributed by atoms with Crippen LogP contribution in [0.5, 0.6) is 0 Å². The van der Waals surface area contributed by atoms with Crippen LogP contribution in [0.4, 0.5) is 11.4 Å². The van der Waals surface area contributed by atoms with Gasteiger partial charge in [-0.15, -0.1) is 0 Å². The molecule has 0 bridgehead atoms. The van der Waals surface area contributed by atoms with Crippen molar-refractivity contribution in [3.8, 4) is 0 Å². The van der Waals surface area contributed by atoms with Crippen LogP contribution in [0.25, 0.3) is 0 Å². The number of carbonyl (C=O) groups is 5. The van der Waals surface area contributed by atoms with Crippen molar-refractivity contribution in [1.29, 1.82) is 0 Å². The van der Waals surface area contributed by atoms with E-state index in [1.54, 1.807) is 43.6 Å². The highest BCUT2D eigenvalue weighted by atomic mass is 79.9. The van der Waals surface area contributed by atoms with E-state index in [1.807, 2.05) is 12.1 Å². The van der Waals surface area contributed by atoms with Gasteiger partial charge in [0.05, 0.1) is 18.5 Å². The maximum Gasteiger partial charge on any atom is 0.282 e. The number of nitrogens with zero attached hydrogens (tertiary/aromatic N) is 4. The molecule has 0 aliphatic carbocycles. The van der Waals surface area contributed by atoms with Crippen LogP contribution in [0.1, 0.15) is 57.0 Å². The van der Waals surface area contributed by atoms with Crippen LogP contribution in [-0.2, 0) is 32.7 Å². The molecule has 2 aromatic carbocycles. The molecule has 5 amide bonds. The molecule has 2 saturated heterocycles. The van der Waals surface area contributed by atoms with Crippen molar-refractivity contribution in [2.75, 3.05) is 50.5 Å². The predicted molar refractivity (Wildman–Crippen MR) is 190 cm³/mol.